The molecule has 0 saturated carbocycles. The first-order chi connectivity index (χ1) is 11.4. The number of carbonyl (C=O) groups is 2. The van der Waals surface area contributed by atoms with Crippen LogP contribution >= 0.6 is 0 Å². The number of unbranched alkanes of at least 4 members (excludes halogenated alkanes) is 1. The molecule has 4 nitrogen and oxygen atoms in total. The molecule has 6 heteroatoms. The number of Topliss-reactive ketones (excluding diaryl/α,β-unsaturated/α-hetero) is 1. The van der Waals surface area contributed by atoms with Gasteiger partial charge in [0.15, 0.2) is 22.4 Å². The number of hydrogen-bond donors (Lipinski definition) is 0. The van der Waals surface area contributed by atoms with Gasteiger partial charge >= 0.3 is 5.97 Å². The molecular weight excluding hydrogens is 348 g/mol. The second-order valence-electron chi connectivity index (χ2n) is 8.05. The van der Waals surface area contributed by atoms with Crippen molar-refractivity contribution in [3.8, 4) is 0 Å². The van der Waals surface area contributed by atoms with Crippen LogP contribution in [0.15, 0.2) is 24.3 Å². The van der Waals surface area contributed by atoms with Crippen LogP contribution < -0.4 is 0 Å². The van der Waals surface area contributed by atoms with E-state index in [1.807, 2.05) is 0 Å². The van der Waals surface area contributed by atoms with E-state index in [-0.39, 0.29) is 11.8 Å². The molecule has 0 saturated heterocycles. The molecule has 0 aliphatic heterocycles. The Morgan fingerprint density at radius 3 is 1.84 bits per heavy atom. The summed E-state index contributed by atoms with van der Waals surface area (Å²) in [5.74, 6) is -0.154. The molecule has 0 unspecified atom stereocenters. The highest BCUT2D eigenvalue weighted by molar-refractivity contribution is 6.84. The van der Waals surface area contributed by atoms with Crippen molar-refractivity contribution in [1.29, 1.82) is 0 Å². The van der Waals surface area contributed by atoms with Crippen LogP contribution in [0.4, 0.5) is 0 Å². The Morgan fingerprint density at radius 1 is 0.840 bits per heavy atom. The Hall–Kier alpha value is -0.986. The van der Waals surface area contributed by atoms with Gasteiger partial charge in [0.1, 0.15) is 0 Å². The Balaban J connectivity index is 4.14. The highest BCUT2D eigenvalue weighted by atomic mass is 28.4. The molecule has 0 bridgehead atoms. The summed E-state index contributed by atoms with van der Waals surface area (Å²) in [5, 5.41) is 0. The Labute approximate surface area is 155 Å². The van der Waals surface area contributed by atoms with Crippen LogP contribution in [0, 0.1) is 0 Å². The van der Waals surface area contributed by atoms with Gasteiger partial charge in [-0.15, -0.1) is 0 Å². The summed E-state index contributed by atoms with van der Waals surface area (Å²) < 4.78 is 11.7. The molecule has 0 aliphatic carbocycles. The standard InChI is InChI=1S/C19H36O4Si2/c1-16(2)18(20)12-9-10-14-24(5,6)23-25(7,8)15-11-13-22-19(21)17(3)4/h1,3,9-15H2,2,4-8H3. The minimum Gasteiger partial charge on any atom is -0.462 e. The lowest BCUT2D eigenvalue weighted by Gasteiger charge is -2.34. The molecule has 0 N–H and O–H groups in total. The lowest BCUT2D eigenvalue weighted by Crippen LogP contribution is -2.44. The van der Waals surface area contributed by atoms with Crippen molar-refractivity contribution in [2.24, 2.45) is 0 Å². The minimum absolute atomic E-state index is 0.166. The third-order valence-corrected chi connectivity index (χ3v) is 11.5. The van der Waals surface area contributed by atoms with E-state index in [0.717, 1.165) is 31.4 Å². The fraction of sp³-hybridized carbons (Fsp3) is 0.684. The van der Waals surface area contributed by atoms with Gasteiger partial charge in [0.2, 0.25) is 0 Å². The molecule has 0 fully saturated rings. The highest BCUT2D eigenvalue weighted by Crippen LogP contribution is 2.24. The largest absolute Gasteiger partial charge is 0.462 e. The molecule has 0 rings (SSSR count). The van der Waals surface area contributed by atoms with Gasteiger partial charge in [-0.05, 0) is 70.5 Å². The maximum Gasteiger partial charge on any atom is 0.333 e. The third kappa shape index (κ3) is 12.1. The topological polar surface area (TPSA) is 52.6 Å². The number of ether oxygens (including phenoxy) is 1. The lowest BCUT2D eigenvalue weighted by atomic mass is 10.1. The molecule has 0 atom stereocenters. The smallest absolute Gasteiger partial charge is 0.333 e. The molecule has 0 amide bonds. The van der Waals surface area contributed by atoms with Crippen molar-refractivity contribution in [2.45, 2.75) is 77.8 Å². The normalized spacial score (nSPS) is 11.9. The zero-order valence-electron chi connectivity index (χ0n) is 17.0. The summed E-state index contributed by atoms with van der Waals surface area (Å²) in [6.45, 7) is 20.1. The minimum atomic E-state index is -1.77. The highest BCUT2D eigenvalue weighted by Gasteiger charge is 2.32. The first-order valence-electron chi connectivity index (χ1n) is 9.08. The van der Waals surface area contributed by atoms with E-state index in [2.05, 4.69) is 39.3 Å². The van der Waals surface area contributed by atoms with Gasteiger partial charge in [0.25, 0.3) is 0 Å². The average molecular weight is 385 g/mol. The van der Waals surface area contributed by atoms with Gasteiger partial charge in [-0.3, -0.25) is 4.79 Å². The molecule has 0 aromatic carbocycles. The van der Waals surface area contributed by atoms with Crippen molar-refractivity contribution in [3.63, 3.8) is 0 Å². The number of ketones is 1. The molecule has 0 heterocycles. The van der Waals surface area contributed by atoms with Crippen LogP contribution in [-0.2, 0) is 18.4 Å². The summed E-state index contributed by atoms with van der Waals surface area (Å²) in [6, 6.07) is 2.04. The maximum absolute atomic E-state index is 11.6. The zero-order valence-corrected chi connectivity index (χ0v) is 19.0. The van der Waals surface area contributed by atoms with E-state index in [9.17, 15) is 9.59 Å². The second kappa shape index (κ2) is 10.9. The molecular formula is C19H36O4Si2. The second-order valence-corrected chi connectivity index (χ2v) is 16.9. The van der Waals surface area contributed by atoms with E-state index in [0.29, 0.717) is 24.2 Å². The number of carbonyl (C=O) groups excluding carboxylic acids is 2. The monoisotopic (exact) mass is 384 g/mol. The van der Waals surface area contributed by atoms with Gasteiger partial charge in [0.05, 0.1) is 6.61 Å². The maximum atomic E-state index is 11.6. The van der Waals surface area contributed by atoms with E-state index in [1.165, 1.54) is 0 Å². The van der Waals surface area contributed by atoms with Crippen molar-refractivity contribution < 1.29 is 18.4 Å². The molecule has 0 aromatic heterocycles. The van der Waals surface area contributed by atoms with E-state index in [1.54, 1.807) is 13.8 Å². The number of esters is 1. The third-order valence-electron chi connectivity index (χ3n) is 3.97. The Morgan fingerprint density at radius 2 is 1.36 bits per heavy atom. The van der Waals surface area contributed by atoms with E-state index < -0.39 is 16.6 Å². The first kappa shape index (κ1) is 24.0. The first-order valence-corrected chi connectivity index (χ1v) is 15.3. The van der Waals surface area contributed by atoms with Gasteiger partial charge in [-0.2, -0.15) is 0 Å². The SMILES string of the molecule is C=C(C)C(=O)CCCC[Si](C)(C)O[Si](C)(C)CCCOC(=O)C(=C)C. The predicted octanol–water partition coefficient (Wildman–Crippen LogP) is 5.24. The van der Waals surface area contributed by atoms with Crippen molar-refractivity contribution >= 4 is 28.4 Å². The summed E-state index contributed by atoms with van der Waals surface area (Å²) in [4.78, 5) is 22.9. The van der Waals surface area contributed by atoms with Crippen LogP contribution in [0.3, 0.4) is 0 Å². The quantitative estimate of drug-likeness (QED) is 0.189. The summed E-state index contributed by atoms with van der Waals surface area (Å²) in [7, 11) is -3.50. The Bertz CT molecular complexity index is 452. The van der Waals surface area contributed by atoms with Crippen molar-refractivity contribution in [3.05, 3.63) is 24.3 Å². The van der Waals surface area contributed by atoms with Crippen LogP contribution in [0.5, 0.6) is 0 Å². The predicted molar refractivity (Wildman–Crippen MR) is 110 cm³/mol. The molecule has 25 heavy (non-hydrogen) atoms. The van der Waals surface area contributed by atoms with Crippen LogP contribution in [-0.4, -0.2) is 35.0 Å². The van der Waals surface area contributed by atoms with E-state index in [4.69, 9.17) is 8.85 Å². The molecule has 144 valence electrons. The van der Waals surface area contributed by atoms with E-state index >= 15 is 0 Å². The van der Waals surface area contributed by atoms with Crippen molar-refractivity contribution in [2.75, 3.05) is 6.61 Å². The van der Waals surface area contributed by atoms with Gasteiger partial charge in [-0.25, -0.2) is 4.79 Å². The van der Waals surface area contributed by atoms with Gasteiger partial charge in [0, 0.05) is 12.0 Å². The number of allylic oxidation sites excluding steroid dienone is 1. The fourth-order valence-electron chi connectivity index (χ4n) is 2.69. The fourth-order valence-corrected chi connectivity index (χ4v) is 11.6. The Kier molecular flexibility index (Phi) is 10.5. The lowest BCUT2D eigenvalue weighted by molar-refractivity contribution is -0.138. The molecule has 0 aliphatic rings. The van der Waals surface area contributed by atoms with Crippen LogP contribution in [0.25, 0.3) is 0 Å². The molecule has 0 aromatic rings. The van der Waals surface area contributed by atoms with Crippen LogP contribution in [0.1, 0.15) is 39.5 Å². The zero-order chi connectivity index (χ0) is 19.7. The van der Waals surface area contributed by atoms with Crippen molar-refractivity contribution in [1.82, 2.24) is 0 Å². The van der Waals surface area contributed by atoms with Gasteiger partial charge in [-0.1, -0.05) is 19.6 Å². The molecule has 0 spiro atoms. The average Bonchev–Trinajstić information content (AvgIpc) is 2.46. The molecule has 0 radical (unpaired) electrons. The number of rotatable bonds is 13. The van der Waals surface area contributed by atoms with Crippen LogP contribution in [0.2, 0.25) is 38.3 Å². The van der Waals surface area contributed by atoms with Gasteiger partial charge < -0.3 is 8.85 Å². The summed E-state index contributed by atoms with van der Waals surface area (Å²) in [6.07, 6.45) is 3.35. The number of hydrogen-bond acceptors (Lipinski definition) is 4. The summed E-state index contributed by atoms with van der Waals surface area (Å²) in [5.41, 5.74) is 1.08. The summed E-state index contributed by atoms with van der Waals surface area (Å²) >= 11 is 0.